The maximum absolute atomic E-state index is 12.7. The van der Waals surface area contributed by atoms with E-state index in [-0.39, 0.29) is 17.7 Å². The summed E-state index contributed by atoms with van der Waals surface area (Å²) in [7, 11) is 0. The molecule has 1 aliphatic rings. The minimum atomic E-state index is -0.121. The number of halogens is 2. The third-order valence-corrected chi connectivity index (χ3v) is 5.35. The van der Waals surface area contributed by atoms with Crippen LogP contribution in [0.5, 0.6) is 0 Å². The van der Waals surface area contributed by atoms with Crippen LogP contribution in [0.1, 0.15) is 34.3 Å². The Kier molecular flexibility index (Phi) is 6.08. The Bertz CT molecular complexity index is 854. The molecule has 0 atom stereocenters. The summed E-state index contributed by atoms with van der Waals surface area (Å²) in [5.74, 6) is -0.211. The van der Waals surface area contributed by atoms with Gasteiger partial charge in [-0.1, -0.05) is 29.3 Å². The summed E-state index contributed by atoms with van der Waals surface area (Å²) < 4.78 is 0. The van der Waals surface area contributed by atoms with E-state index >= 15 is 0 Å². The van der Waals surface area contributed by atoms with E-state index in [4.69, 9.17) is 23.2 Å². The zero-order valence-electron chi connectivity index (χ0n) is 15.4. The molecule has 4 nitrogen and oxygen atoms in total. The third-order valence-electron chi connectivity index (χ3n) is 4.80. The van der Waals surface area contributed by atoms with Crippen LogP contribution in [0.3, 0.4) is 0 Å². The smallest absolute Gasteiger partial charge is 0.255 e. The Morgan fingerprint density at radius 2 is 1.63 bits per heavy atom. The van der Waals surface area contributed by atoms with Crippen molar-refractivity contribution < 1.29 is 9.59 Å². The molecule has 1 N–H and O–H groups in total. The van der Waals surface area contributed by atoms with Crippen LogP contribution in [0.2, 0.25) is 10.0 Å². The van der Waals surface area contributed by atoms with Gasteiger partial charge < -0.3 is 10.2 Å². The van der Waals surface area contributed by atoms with Crippen LogP contribution in [-0.4, -0.2) is 29.8 Å². The molecule has 6 heteroatoms. The first-order chi connectivity index (χ1) is 12.8. The highest BCUT2D eigenvalue weighted by Crippen LogP contribution is 2.26. The van der Waals surface area contributed by atoms with Crippen LogP contribution >= 0.6 is 23.2 Å². The number of anilines is 1. The van der Waals surface area contributed by atoms with E-state index < -0.39 is 0 Å². The molecule has 0 radical (unpaired) electrons. The van der Waals surface area contributed by atoms with Gasteiger partial charge in [-0.05, 0) is 68.1 Å². The molecule has 2 amide bonds. The van der Waals surface area contributed by atoms with Gasteiger partial charge in [0.2, 0.25) is 5.91 Å². The van der Waals surface area contributed by atoms with Crippen molar-refractivity contribution in [2.75, 3.05) is 18.4 Å². The van der Waals surface area contributed by atoms with E-state index in [1.165, 1.54) is 0 Å². The number of hydrogen-bond donors (Lipinski definition) is 1. The first kappa shape index (κ1) is 19.7. The fraction of sp³-hybridized carbons (Fsp3) is 0.333. The molecular weight excluding hydrogens is 383 g/mol. The quantitative estimate of drug-likeness (QED) is 0.772. The summed E-state index contributed by atoms with van der Waals surface area (Å²) in [6.07, 6.45) is 1.27. The van der Waals surface area contributed by atoms with E-state index in [2.05, 4.69) is 11.4 Å². The number of likely N-dealkylation sites (tertiary alicyclic amines) is 1. The van der Waals surface area contributed by atoms with Crippen molar-refractivity contribution in [2.24, 2.45) is 5.92 Å². The van der Waals surface area contributed by atoms with Crippen LogP contribution in [-0.2, 0) is 4.79 Å². The number of carbonyl (C=O) groups is 2. The summed E-state index contributed by atoms with van der Waals surface area (Å²) in [5, 5.41) is 3.85. The van der Waals surface area contributed by atoms with Crippen molar-refractivity contribution in [1.29, 1.82) is 0 Å². The zero-order valence-corrected chi connectivity index (χ0v) is 16.9. The Labute approximate surface area is 169 Å². The SMILES string of the molecule is Cc1cc(C)cc(NC(=O)C2CCN(C(=O)c3ccc(Cl)cc3Cl)CC2)c1. The van der Waals surface area contributed by atoms with E-state index in [1.54, 1.807) is 23.1 Å². The molecule has 142 valence electrons. The molecule has 2 aromatic rings. The molecule has 1 saturated heterocycles. The zero-order chi connectivity index (χ0) is 19.6. The average Bonchev–Trinajstić information content (AvgIpc) is 2.60. The Morgan fingerprint density at radius 1 is 1.00 bits per heavy atom. The molecule has 27 heavy (non-hydrogen) atoms. The van der Waals surface area contributed by atoms with Crippen molar-refractivity contribution in [3.63, 3.8) is 0 Å². The summed E-state index contributed by atoms with van der Waals surface area (Å²) in [5.41, 5.74) is 3.50. The average molecular weight is 405 g/mol. The molecule has 1 heterocycles. The Morgan fingerprint density at radius 3 is 2.22 bits per heavy atom. The predicted molar refractivity (Wildman–Crippen MR) is 110 cm³/mol. The van der Waals surface area contributed by atoms with Gasteiger partial charge in [-0.25, -0.2) is 0 Å². The number of benzene rings is 2. The topological polar surface area (TPSA) is 49.4 Å². The maximum Gasteiger partial charge on any atom is 0.255 e. The number of amides is 2. The second kappa shape index (κ2) is 8.32. The lowest BCUT2D eigenvalue weighted by Gasteiger charge is -2.31. The molecule has 3 rings (SSSR count). The molecule has 1 fully saturated rings. The monoisotopic (exact) mass is 404 g/mol. The van der Waals surface area contributed by atoms with Crippen molar-refractivity contribution in [2.45, 2.75) is 26.7 Å². The van der Waals surface area contributed by atoms with Gasteiger partial charge in [0.1, 0.15) is 0 Å². The molecule has 0 bridgehead atoms. The number of rotatable bonds is 3. The van der Waals surface area contributed by atoms with Crippen LogP contribution in [0.4, 0.5) is 5.69 Å². The van der Waals surface area contributed by atoms with Crippen LogP contribution in [0.15, 0.2) is 36.4 Å². The fourth-order valence-corrected chi connectivity index (χ4v) is 3.96. The van der Waals surface area contributed by atoms with Gasteiger partial charge in [0.25, 0.3) is 5.91 Å². The normalized spacial score (nSPS) is 14.9. The van der Waals surface area contributed by atoms with Crippen molar-refractivity contribution in [1.82, 2.24) is 4.90 Å². The lowest BCUT2D eigenvalue weighted by Crippen LogP contribution is -2.41. The molecule has 0 unspecified atom stereocenters. The van der Waals surface area contributed by atoms with Crippen molar-refractivity contribution in [3.8, 4) is 0 Å². The summed E-state index contributed by atoms with van der Waals surface area (Å²) >= 11 is 12.0. The molecule has 2 aromatic carbocycles. The number of piperidine rings is 1. The van der Waals surface area contributed by atoms with Gasteiger partial charge in [-0.15, -0.1) is 0 Å². The van der Waals surface area contributed by atoms with Gasteiger partial charge >= 0.3 is 0 Å². The molecule has 0 saturated carbocycles. The molecule has 0 spiro atoms. The summed E-state index contributed by atoms with van der Waals surface area (Å²) in [4.78, 5) is 27.0. The molecule has 0 aromatic heterocycles. The Hall–Kier alpha value is -2.04. The van der Waals surface area contributed by atoms with E-state index in [0.717, 1.165) is 16.8 Å². The highest BCUT2D eigenvalue weighted by Gasteiger charge is 2.28. The second-order valence-electron chi connectivity index (χ2n) is 7.06. The Balaban J connectivity index is 1.59. The number of nitrogens with zero attached hydrogens (tertiary/aromatic N) is 1. The van der Waals surface area contributed by atoms with Gasteiger partial charge in [0.15, 0.2) is 0 Å². The van der Waals surface area contributed by atoms with Crippen LogP contribution < -0.4 is 5.32 Å². The maximum atomic E-state index is 12.7. The summed E-state index contributed by atoms with van der Waals surface area (Å²) in [6.45, 7) is 5.08. The molecular formula is C21H22Cl2N2O2. The lowest BCUT2D eigenvalue weighted by atomic mass is 9.95. The van der Waals surface area contributed by atoms with E-state index in [0.29, 0.717) is 41.5 Å². The largest absolute Gasteiger partial charge is 0.339 e. The van der Waals surface area contributed by atoms with Crippen molar-refractivity contribution >= 4 is 40.7 Å². The number of aryl methyl sites for hydroxylation is 2. The van der Waals surface area contributed by atoms with Crippen molar-refractivity contribution in [3.05, 3.63) is 63.1 Å². The van der Waals surface area contributed by atoms with Gasteiger partial charge in [-0.2, -0.15) is 0 Å². The standard InChI is InChI=1S/C21H22Cl2N2O2/c1-13-9-14(2)11-17(10-13)24-20(26)15-5-7-25(8-6-15)21(27)18-4-3-16(22)12-19(18)23/h3-4,9-12,15H,5-8H2,1-2H3,(H,24,26). The molecule has 1 aliphatic heterocycles. The molecule has 0 aliphatic carbocycles. The first-order valence-corrected chi connectivity index (χ1v) is 9.72. The fourth-order valence-electron chi connectivity index (χ4n) is 3.47. The number of nitrogens with one attached hydrogen (secondary N) is 1. The number of carbonyl (C=O) groups excluding carboxylic acids is 2. The van der Waals surface area contributed by atoms with Gasteiger partial charge in [-0.3, -0.25) is 9.59 Å². The van der Waals surface area contributed by atoms with Gasteiger partial charge in [0, 0.05) is 29.7 Å². The van der Waals surface area contributed by atoms with Crippen LogP contribution in [0, 0.1) is 19.8 Å². The first-order valence-electron chi connectivity index (χ1n) is 8.97. The highest BCUT2D eigenvalue weighted by atomic mass is 35.5. The highest BCUT2D eigenvalue weighted by molar-refractivity contribution is 6.36. The van der Waals surface area contributed by atoms with E-state index in [9.17, 15) is 9.59 Å². The van der Waals surface area contributed by atoms with Gasteiger partial charge in [0.05, 0.1) is 10.6 Å². The third kappa shape index (κ3) is 4.82. The predicted octanol–water partition coefficient (Wildman–Crippen LogP) is 5.10. The van der Waals surface area contributed by atoms with Crippen LogP contribution in [0.25, 0.3) is 0 Å². The minimum Gasteiger partial charge on any atom is -0.339 e. The lowest BCUT2D eigenvalue weighted by molar-refractivity contribution is -0.121. The number of hydrogen-bond acceptors (Lipinski definition) is 2. The van der Waals surface area contributed by atoms with E-state index in [1.807, 2.05) is 26.0 Å². The summed E-state index contributed by atoms with van der Waals surface area (Å²) in [6, 6.07) is 10.9. The second-order valence-corrected chi connectivity index (χ2v) is 7.90. The minimum absolute atomic E-state index is 0.0108.